The quantitative estimate of drug-likeness (QED) is 0.849. The minimum Gasteiger partial charge on any atom is -0.478 e. The standard InChI is InChI=1S/C17H12N2O3S/c20-15-14(10-11-5-4-6-12(9-11)16(21)22)23-17(19-15)18-13-7-2-1-3-8-13/h1-10H,(H,21,22)(H,18,19,20). The van der Waals surface area contributed by atoms with E-state index in [2.05, 4.69) is 10.3 Å². The highest BCUT2D eigenvalue weighted by Gasteiger charge is 2.23. The topological polar surface area (TPSA) is 78.8 Å². The number of carbonyl (C=O) groups excluding carboxylic acids is 1. The lowest BCUT2D eigenvalue weighted by molar-refractivity contribution is -0.115. The molecule has 0 bridgehead atoms. The molecule has 1 heterocycles. The molecular weight excluding hydrogens is 312 g/mol. The van der Waals surface area contributed by atoms with E-state index in [1.807, 2.05) is 30.3 Å². The second kappa shape index (κ2) is 6.50. The summed E-state index contributed by atoms with van der Waals surface area (Å²) in [6, 6.07) is 15.8. The third-order valence-electron chi connectivity index (χ3n) is 3.07. The zero-order chi connectivity index (χ0) is 16.2. The molecule has 23 heavy (non-hydrogen) atoms. The van der Waals surface area contributed by atoms with Crippen LogP contribution in [0.1, 0.15) is 15.9 Å². The second-order valence-corrected chi connectivity index (χ2v) is 5.78. The molecule has 0 radical (unpaired) electrons. The molecule has 1 saturated heterocycles. The lowest BCUT2D eigenvalue weighted by Gasteiger charge is -1.97. The molecule has 0 saturated carbocycles. The predicted octanol–water partition coefficient (Wildman–Crippen LogP) is 3.28. The maximum atomic E-state index is 12.0. The van der Waals surface area contributed by atoms with E-state index in [4.69, 9.17) is 5.11 Å². The summed E-state index contributed by atoms with van der Waals surface area (Å²) in [5.74, 6) is -1.24. The van der Waals surface area contributed by atoms with Gasteiger partial charge in [-0.15, -0.1) is 0 Å². The lowest BCUT2D eigenvalue weighted by Crippen LogP contribution is -2.19. The number of nitrogens with one attached hydrogen (secondary N) is 1. The Morgan fingerprint density at radius 1 is 1.13 bits per heavy atom. The molecule has 0 unspecified atom stereocenters. The largest absolute Gasteiger partial charge is 0.478 e. The molecule has 3 rings (SSSR count). The van der Waals surface area contributed by atoms with Gasteiger partial charge in [-0.2, -0.15) is 0 Å². The smallest absolute Gasteiger partial charge is 0.335 e. The van der Waals surface area contributed by atoms with Gasteiger partial charge in [-0.1, -0.05) is 30.3 Å². The Morgan fingerprint density at radius 2 is 1.91 bits per heavy atom. The van der Waals surface area contributed by atoms with Crippen LogP contribution < -0.4 is 5.32 Å². The lowest BCUT2D eigenvalue weighted by atomic mass is 10.1. The molecule has 0 spiro atoms. The van der Waals surface area contributed by atoms with Crippen molar-refractivity contribution in [2.24, 2.45) is 4.99 Å². The number of carboxylic acid groups (broad SMARTS) is 1. The van der Waals surface area contributed by atoms with Crippen LogP contribution in [0.3, 0.4) is 0 Å². The van der Waals surface area contributed by atoms with E-state index in [9.17, 15) is 9.59 Å². The summed E-state index contributed by atoms with van der Waals surface area (Å²) in [6.07, 6.45) is 1.65. The maximum absolute atomic E-state index is 12.0. The van der Waals surface area contributed by atoms with Crippen LogP contribution in [-0.2, 0) is 4.79 Å². The van der Waals surface area contributed by atoms with Crippen molar-refractivity contribution < 1.29 is 14.7 Å². The number of hydrogen-bond acceptors (Lipinski definition) is 4. The molecule has 1 aliphatic rings. The zero-order valence-corrected chi connectivity index (χ0v) is 12.7. The number of hydrogen-bond donors (Lipinski definition) is 2. The van der Waals surface area contributed by atoms with Gasteiger partial charge in [0, 0.05) is 0 Å². The minimum atomic E-state index is -1.000. The van der Waals surface area contributed by atoms with Gasteiger partial charge in [0.15, 0.2) is 5.17 Å². The van der Waals surface area contributed by atoms with Crippen molar-refractivity contribution in [1.29, 1.82) is 0 Å². The Balaban J connectivity index is 1.84. The van der Waals surface area contributed by atoms with Crippen LogP contribution in [0.2, 0.25) is 0 Å². The van der Waals surface area contributed by atoms with Crippen molar-refractivity contribution in [2.75, 3.05) is 0 Å². The third-order valence-corrected chi connectivity index (χ3v) is 3.98. The average molecular weight is 324 g/mol. The number of benzene rings is 2. The molecule has 0 aromatic heterocycles. The molecule has 0 aliphatic carbocycles. The summed E-state index contributed by atoms with van der Waals surface area (Å²) in [4.78, 5) is 27.8. The Kier molecular flexibility index (Phi) is 4.25. The molecule has 1 fully saturated rings. The summed E-state index contributed by atoms with van der Waals surface area (Å²) in [6.45, 7) is 0. The van der Waals surface area contributed by atoms with Crippen molar-refractivity contribution in [3.05, 3.63) is 70.6 Å². The normalized spacial score (nSPS) is 17.5. The molecule has 2 aromatic rings. The Hall–Kier alpha value is -2.86. The van der Waals surface area contributed by atoms with Crippen molar-refractivity contribution in [2.45, 2.75) is 0 Å². The first-order valence-corrected chi connectivity index (χ1v) is 7.61. The molecular formula is C17H12N2O3S. The molecule has 1 amide bonds. The highest BCUT2D eigenvalue weighted by Crippen LogP contribution is 2.28. The monoisotopic (exact) mass is 324 g/mol. The van der Waals surface area contributed by atoms with Gasteiger partial charge >= 0.3 is 5.97 Å². The van der Waals surface area contributed by atoms with E-state index in [1.54, 1.807) is 18.2 Å². The average Bonchev–Trinajstić information content (AvgIpc) is 2.88. The first-order chi connectivity index (χ1) is 11.1. The summed E-state index contributed by atoms with van der Waals surface area (Å²) >= 11 is 1.23. The third kappa shape index (κ3) is 3.67. The van der Waals surface area contributed by atoms with Gasteiger partial charge in [-0.25, -0.2) is 9.79 Å². The first-order valence-electron chi connectivity index (χ1n) is 6.80. The summed E-state index contributed by atoms with van der Waals surface area (Å²) in [7, 11) is 0. The Labute approximate surface area is 136 Å². The SMILES string of the molecule is O=C1NC(=Nc2ccccc2)SC1=Cc1cccc(C(=O)O)c1. The van der Waals surface area contributed by atoms with Crippen LogP contribution >= 0.6 is 11.8 Å². The fraction of sp³-hybridized carbons (Fsp3) is 0. The van der Waals surface area contributed by atoms with E-state index in [0.29, 0.717) is 15.6 Å². The zero-order valence-electron chi connectivity index (χ0n) is 11.9. The van der Waals surface area contributed by atoms with E-state index in [1.165, 1.54) is 23.9 Å². The molecule has 5 nitrogen and oxygen atoms in total. The summed E-state index contributed by atoms with van der Waals surface area (Å²) in [5.41, 5.74) is 1.59. The van der Waals surface area contributed by atoms with Gasteiger partial charge in [-0.3, -0.25) is 4.79 Å². The van der Waals surface area contributed by atoms with Crippen molar-refractivity contribution >= 4 is 40.6 Å². The van der Waals surface area contributed by atoms with Crippen LogP contribution in [0.5, 0.6) is 0 Å². The number of para-hydroxylation sites is 1. The van der Waals surface area contributed by atoms with Gasteiger partial charge in [0.25, 0.3) is 5.91 Å². The number of thioether (sulfide) groups is 1. The number of nitrogens with zero attached hydrogens (tertiary/aromatic N) is 1. The second-order valence-electron chi connectivity index (χ2n) is 4.75. The molecule has 0 atom stereocenters. The highest BCUT2D eigenvalue weighted by molar-refractivity contribution is 8.18. The van der Waals surface area contributed by atoms with Gasteiger partial charge in [0.05, 0.1) is 16.2 Å². The van der Waals surface area contributed by atoms with Gasteiger partial charge in [0.1, 0.15) is 0 Å². The van der Waals surface area contributed by atoms with Gasteiger partial charge in [0.2, 0.25) is 0 Å². The van der Waals surface area contributed by atoms with Crippen LogP contribution in [0, 0.1) is 0 Å². The van der Waals surface area contributed by atoms with Gasteiger partial charge in [-0.05, 0) is 47.7 Å². The number of aromatic carboxylic acids is 1. The fourth-order valence-corrected chi connectivity index (χ4v) is 2.85. The predicted molar refractivity (Wildman–Crippen MR) is 90.6 cm³/mol. The molecule has 1 aliphatic heterocycles. The van der Waals surface area contributed by atoms with Gasteiger partial charge < -0.3 is 10.4 Å². The number of carboxylic acids is 1. The van der Waals surface area contributed by atoms with E-state index in [0.717, 1.165) is 5.69 Å². The Bertz CT molecular complexity index is 829. The van der Waals surface area contributed by atoms with Crippen LogP contribution in [0.15, 0.2) is 64.5 Å². The first kappa shape index (κ1) is 15.1. The maximum Gasteiger partial charge on any atom is 0.335 e. The summed E-state index contributed by atoms with van der Waals surface area (Å²) in [5, 5.41) is 12.2. The van der Waals surface area contributed by atoms with Crippen molar-refractivity contribution in [3.63, 3.8) is 0 Å². The number of rotatable bonds is 3. The van der Waals surface area contributed by atoms with Crippen molar-refractivity contribution in [1.82, 2.24) is 5.32 Å². The number of amides is 1. The van der Waals surface area contributed by atoms with Crippen LogP contribution in [0.4, 0.5) is 5.69 Å². The van der Waals surface area contributed by atoms with Crippen LogP contribution in [-0.4, -0.2) is 22.2 Å². The van der Waals surface area contributed by atoms with E-state index in [-0.39, 0.29) is 11.5 Å². The van der Waals surface area contributed by atoms with E-state index >= 15 is 0 Å². The fourth-order valence-electron chi connectivity index (χ4n) is 2.01. The Morgan fingerprint density at radius 3 is 2.65 bits per heavy atom. The molecule has 6 heteroatoms. The number of aliphatic imine (C=N–C) groups is 1. The molecule has 114 valence electrons. The molecule has 2 N–H and O–H groups in total. The highest BCUT2D eigenvalue weighted by atomic mass is 32.2. The van der Waals surface area contributed by atoms with E-state index < -0.39 is 5.97 Å². The van der Waals surface area contributed by atoms with Crippen LogP contribution in [0.25, 0.3) is 6.08 Å². The minimum absolute atomic E-state index is 0.181. The number of carbonyl (C=O) groups is 2. The molecule has 2 aromatic carbocycles. The number of amidine groups is 1. The summed E-state index contributed by atoms with van der Waals surface area (Å²) < 4.78 is 0. The van der Waals surface area contributed by atoms with Crippen molar-refractivity contribution in [3.8, 4) is 0 Å².